The molecule has 3 heteroatoms. The Bertz CT molecular complexity index is 359. The minimum absolute atomic E-state index is 0.435. The molecule has 0 aliphatic carbocycles. The molecule has 0 bridgehead atoms. The molecule has 0 amide bonds. The minimum atomic E-state index is -0.435. The van der Waals surface area contributed by atoms with Crippen molar-refractivity contribution in [3.8, 4) is 0 Å². The third kappa shape index (κ3) is 2.42. The highest BCUT2D eigenvalue weighted by Gasteiger charge is 2.10. The van der Waals surface area contributed by atoms with Gasteiger partial charge in [0.2, 0.25) is 0 Å². The monoisotopic (exact) mass is 218 g/mol. The van der Waals surface area contributed by atoms with Crippen molar-refractivity contribution in [2.75, 3.05) is 18.0 Å². The highest BCUT2D eigenvalue weighted by atomic mass is 16.3. The van der Waals surface area contributed by atoms with Gasteiger partial charge < -0.3 is 10.0 Å². The second-order valence-corrected chi connectivity index (χ2v) is 4.07. The van der Waals surface area contributed by atoms with Crippen LogP contribution < -0.4 is 4.90 Å². The predicted octanol–water partition coefficient (Wildman–Crippen LogP) is 2.29. The predicted molar refractivity (Wildman–Crippen MR) is 65.5 cm³/mol. The first-order valence-electron chi connectivity index (χ1n) is 5.85. The van der Waals surface area contributed by atoms with E-state index in [1.807, 2.05) is 25.3 Å². The van der Waals surface area contributed by atoms with Crippen molar-refractivity contribution >= 4 is 5.69 Å². The van der Waals surface area contributed by atoms with E-state index in [-0.39, 0.29) is 0 Å². The summed E-state index contributed by atoms with van der Waals surface area (Å²) in [6, 6.07) is 3.96. The van der Waals surface area contributed by atoms with Crippen LogP contribution >= 0.6 is 0 Å². The number of hydrogen-bond acceptors (Lipinski definition) is 3. The molecule has 1 N–H and O–H groups in total. The van der Waals surface area contributed by atoms with E-state index >= 15 is 0 Å². The zero-order valence-electron chi connectivity index (χ0n) is 9.63. The largest absolute Gasteiger partial charge is 0.387 e. The molecular formula is C13H18N2O. The SMILES string of the molecule is CC[C@H](O)c1ccc(N2CC=CCC2)cn1. The normalized spacial score (nSPS) is 17.5. The number of aliphatic hydroxyl groups is 1. The van der Waals surface area contributed by atoms with Crippen molar-refractivity contribution in [2.45, 2.75) is 25.9 Å². The number of hydrogen-bond donors (Lipinski definition) is 1. The molecule has 1 atom stereocenters. The van der Waals surface area contributed by atoms with Crippen LogP contribution in [0.3, 0.4) is 0 Å². The van der Waals surface area contributed by atoms with Crippen molar-refractivity contribution in [3.63, 3.8) is 0 Å². The number of aliphatic hydroxyl groups excluding tert-OH is 1. The Balaban J connectivity index is 2.09. The standard InChI is InChI=1S/C13H18N2O/c1-2-13(16)12-7-6-11(10-14-12)15-8-4-3-5-9-15/h3-4,6-7,10,13,16H,2,5,8-9H2,1H3/t13-/m0/s1. The number of rotatable bonds is 3. The first-order valence-corrected chi connectivity index (χ1v) is 5.85. The van der Waals surface area contributed by atoms with Gasteiger partial charge >= 0.3 is 0 Å². The van der Waals surface area contributed by atoms with Gasteiger partial charge in [0, 0.05) is 13.1 Å². The Kier molecular flexibility index (Phi) is 3.57. The molecule has 0 saturated heterocycles. The second-order valence-electron chi connectivity index (χ2n) is 4.07. The van der Waals surface area contributed by atoms with Crippen LogP contribution in [0, 0.1) is 0 Å². The van der Waals surface area contributed by atoms with Gasteiger partial charge in [-0.15, -0.1) is 0 Å². The molecule has 0 fully saturated rings. The topological polar surface area (TPSA) is 36.4 Å². The summed E-state index contributed by atoms with van der Waals surface area (Å²) in [6.45, 7) is 3.96. The van der Waals surface area contributed by atoms with Crippen LogP contribution in [-0.2, 0) is 0 Å². The minimum Gasteiger partial charge on any atom is -0.387 e. The lowest BCUT2D eigenvalue weighted by Gasteiger charge is -2.25. The Labute approximate surface area is 96.4 Å². The molecule has 2 heterocycles. The number of nitrogens with zero attached hydrogens (tertiary/aromatic N) is 2. The number of anilines is 1. The Hall–Kier alpha value is -1.35. The molecule has 0 aromatic carbocycles. The second kappa shape index (κ2) is 5.12. The van der Waals surface area contributed by atoms with E-state index in [1.165, 1.54) is 0 Å². The summed E-state index contributed by atoms with van der Waals surface area (Å²) in [5.41, 5.74) is 1.90. The summed E-state index contributed by atoms with van der Waals surface area (Å²) >= 11 is 0. The summed E-state index contributed by atoms with van der Waals surface area (Å²) < 4.78 is 0. The van der Waals surface area contributed by atoms with Crippen LogP contribution in [0.1, 0.15) is 31.6 Å². The number of pyridine rings is 1. The van der Waals surface area contributed by atoms with Crippen molar-refractivity contribution in [1.82, 2.24) is 4.98 Å². The van der Waals surface area contributed by atoms with E-state index in [0.29, 0.717) is 6.42 Å². The highest BCUT2D eigenvalue weighted by molar-refractivity contribution is 5.46. The Morgan fingerprint density at radius 2 is 2.31 bits per heavy atom. The van der Waals surface area contributed by atoms with Gasteiger partial charge in [0.15, 0.2) is 0 Å². The lowest BCUT2D eigenvalue weighted by Crippen LogP contribution is -2.26. The van der Waals surface area contributed by atoms with Crippen molar-refractivity contribution in [2.24, 2.45) is 0 Å². The molecule has 2 rings (SSSR count). The molecule has 1 aromatic rings. The Morgan fingerprint density at radius 3 is 2.88 bits per heavy atom. The van der Waals surface area contributed by atoms with Gasteiger partial charge in [-0.3, -0.25) is 4.98 Å². The molecule has 16 heavy (non-hydrogen) atoms. The van der Waals surface area contributed by atoms with Gasteiger partial charge in [0.25, 0.3) is 0 Å². The van der Waals surface area contributed by atoms with Gasteiger partial charge in [0.1, 0.15) is 0 Å². The van der Waals surface area contributed by atoms with E-state index in [2.05, 4.69) is 22.0 Å². The molecule has 0 unspecified atom stereocenters. The van der Waals surface area contributed by atoms with Crippen LogP contribution in [0.15, 0.2) is 30.5 Å². The number of aromatic nitrogens is 1. The summed E-state index contributed by atoms with van der Waals surface area (Å²) in [6.07, 6.45) is 7.61. The van der Waals surface area contributed by atoms with Crippen LogP contribution in [0.2, 0.25) is 0 Å². The molecule has 1 aromatic heterocycles. The fourth-order valence-electron chi connectivity index (χ4n) is 1.87. The average molecular weight is 218 g/mol. The van der Waals surface area contributed by atoms with E-state index in [9.17, 15) is 5.11 Å². The zero-order chi connectivity index (χ0) is 11.4. The lowest BCUT2D eigenvalue weighted by atomic mass is 10.1. The van der Waals surface area contributed by atoms with Crippen molar-refractivity contribution in [3.05, 3.63) is 36.2 Å². The van der Waals surface area contributed by atoms with E-state index < -0.39 is 6.10 Å². The fourth-order valence-corrected chi connectivity index (χ4v) is 1.87. The summed E-state index contributed by atoms with van der Waals surface area (Å²) in [5, 5.41) is 9.64. The van der Waals surface area contributed by atoms with Gasteiger partial charge in [-0.25, -0.2) is 0 Å². The first kappa shape index (κ1) is 11.1. The summed E-state index contributed by atoms with van der Waals surface area (Å²) in [5.74, 6) is 0. The van der Waals surface area contributed by atoms with Gasteiger partial charge in [-0.2, -0.15) is 0 Å². The third-order valence-electron chi connectivity index (χ3n) is 2.92. The first-order chi connectivity index (χ1) is 7.81. The van der Waals surface area contributed by atoms with Crippen LogP contribution in [0.4, 0.5) is 5.69 Å². The molecular weight excluding hydrogens is 200 g/mol. The smallest absolute Gasteiger partial charge is 0.0957 e. The van der Waals surface area contributed by atoms with Crippen molar-refractivity contribution < 1.29 is 5.11 Å². The zero-order valence-corrected chi connectivity index (χ0v) is 9.63. The molecule has 86 valence electrons. The quantitative estimate of drug-likeness (QED) is 0.791. The van der Waals surface area contributed by atoms with Gasteiger partial charge in [0.05, 0.1) is 23.7 Å². The molecule has 0 spiro atoms. The lowest BCUT2D eigenvalue weighted by molar-refractivity contribution is 0.169. The maximum Gasteiger partial charge on any atom is 0.0957 e. The van der Waals surface area contributed by atoms with E-state index in [4.69, 9.17) is 0 Å². The van der Waals surface area contributed by atoms with E-state index in [0.717, 1.165) is 30.9 Å². The third-order valence-corrected chi connectivity index (χ3v) is 2.92. The van der Waals surface area contributed by atoms with Crippen LogP contribution in [-0.4, -0.2) is 23.2 Å². The fraction of sp³-hybridized carbons (Fsp3) is 0.462. The molecule has 1 aliphatic rings. The average Bonchev–Trinajstić information content (AvgIpc) is 2.39. The maximum atomic E-state index is 9.64. The van der Waals surface area contributed by atoms with E-state index in [1.54, 1.807) is 0 Å². The van der Waals surface area contributed by atoms with Crippen LogP contribution in [0.5, 0.6) is 0 Å². The summed E-state index contributed by atoms with van der Waals surface area (Å²) in [4.78, 5) is 6.60. The molecule has 0 radical (unpaired) electrons. The molecule has 3 nitrogen and oxygen atoms in total. The Morgan fingerprint density at radius 1 is 1.44 bits per heavy atom. The maximum absolute atomic E-state index is 9.64. The summed E-state index contributed by atoms with van der Waals surface area (Å²) in [7, 11) is 0. The highest BCUT2D eigenvalue weighted by Crippen LogP contribution is 2.19. The van der Waals surface area contributed by atoms with Crippen LogP contribution in [0.25, 0.3) is 0 Å². The van der Waals surface area contributed by atoms with Crippen molar-refractivity contribution in [1.29, 1.82) is 0 Å². The van der Waals surface area contributed by atoms with Gasteiger partial charge in [-0.1, -0.05) is 19.1 Å². The van der Waals surface area contributed by atoms with Gasteiger partial charge in [-0.05, 0) is 25.0 Å². The molecule has 0 saturated carbocycles. The molecule has 1 aliphatic heterocycles.